The first kappa shape index (κ1) is 12.5. The SMILES string of the molecule is Cn1cc(CC(CN)C2CCS(=O)(=O)C2)nn1. The van der Waals surface area contributed by atoms with Crippen molar-refractivity contribution in [2.45, 2.75) is 12.8 Å². The third-order valence-corrected chi connectivity index (χ3v) is 5.15. The van der Waals surface area contributed by atoms with Gasteiger partial charge in [-0.2, -0.15) is 0 Å². The van der Waals surface area contributed by atoms with Crippen LogP contribution in [-0.2, 0) is 23.3 Å². The minimum absolute atomic E-state index is 0.173. The Morgan fingerprint density at radius 3 is 2.88 bits per heavy atom. The minimum Gasteiger partial charge on any atom is -0.330 e. The molecule has 0 aliphatic carbocycles. The van der Waals surface area contributed by atoms with E-state index in [0.29, 0.717) is 18.7 Å². The molecule has 1 fully saturated rings. The summed E-state index contributed by atoms with van der Waals surface area (Å²) in [5.41, 5.74) is 6.63. The van der Waals surface area contributed by atoms with Gasteiger partial charge in [-0.15, -0.1) is 5.10 Å². The molecule has 17 heavy (non-hydrogen) atoms. The summed E-state index contributed by atoms with van der Waals surface area (Å²) < 4.78 is 24.5. The molecule has 7 heteroatoms. The molecule has 0 saturated carbocycles. The second-order valence-electron chi connectivity index (χ2n) is 4.75. The Hall–Kier alpha value is -0.950. The van der Waals surface area contributed by atoms with Crippen molar-refractivity contribution < 1.29 is 8.42 Å². The van der Waals surface area contributed by atoms with Crippen LogP contribution in [-0.4, -0.2) is 41.5 Å². The first-order valence-electron chi connectivity index (χ1n) is 5.76. The standard InChI is InChI=1S/C10H18N4O2S/c1-14-6-10(12-13-14)4-9(5-11)8-2-3-17(15,16)7-8/h6,8-9H,2-5,7,11H2,1H3. The molecule has 1 aromatic rings. The van der Waals surface area contributed by atoms with Crippen LogP contribution in [0.4, 0.5) is 0 Å². The molecule has 2 unspecified atom stereocenters. The summed E-state index contributed by atoms with van der Waals surface area (Å²) in [5.74, 6) is 0.931. The van der Waals surface area contributed by atoms with Gasteiger partial charge in [0.1, 0.15) is 0 Å². The molecule has 96 valence electrons. The molecule has 0 bridgehead atoms. The molecule has 2 atom stereocenters. The van der Waals surface area contributed by atoms with Crippen molar-refractivity contribution in [2.24, 2.45) is 24.6 Å². The third kappa shape index (κ3) is 3.04. The fourth-order valence-corrected chi connectivity index (χ4v) is 4.32. The predicted molar refractivity (Wildman–Crippen MR) is 64.0 cm³/mol. The lowest BCUT2D eigenvalue weighted by Crippen LogP contribution is -2.26. The Morgan fingerprint density at radius 2 is 2.41 bits per heavy atom. The van der Waals surface area contributed by atoms with Crippen LogP contribution in [0, 0.1) is 11.8 Å². The predicted octanol–water partition coefficient (Wildman–Crippen LogP) is -0.633. The lowest BCUT2D eigenvalue weighted by atomic mass is 9.88. The number of aryl methyl sites for hydroxylation is 1. The molecule has 1 aliphatic rings. The van der Waals surface area contributed by atoms with Gasteiger partial charge < -0.3 is 5.73 Å². The summed E-state index contributed by atoms with van der Waals surface area (Å²) in [5, 5.41) is 7.89. The molecular formula is C10H18N4O2S. The zero-order valence-electron chi connectivity index (χ0n) is 9.91. The van der Waals surface area contributed by atoms with E-state index in [1.165, 1.54) is 0 Å². The number of hydrogen-bond acceptors (Lipinski definition) is 5. The first-order valence-corrected chi connectivity index (χ1v) is 7.58. The zero-order chi connectivity index (χ0) is 12.5. The number of hydrogen-bond donors (Lipinski definition) is 1. The van der Waals surface area contributed by atoms with E-state index >= 15 is 0 Å². The van der Waals surface area contributed by atoms with Crippen LogP contribution >= 0.6 is 0 Å². The van der Waals surface area contributed by atoms with Crippen LogP contribution < -0.4 is 5.73 Å². The van der Waals surface area contributed by atoms with Gasteiger partial charge in [-0.1, -0.05) is 5.21 Å². The van der Waals surface area contributed by atoms with E-state index in [-0.39, 0.29) is 17.6 Å². The minimum atomic E-state index is -2.83. The van der Waals surface area contributed by atoms with Crippen molar-refractivity contribution in [3.8, 4) is 0 Å². The Bertz CT molecular complexity index is 482. The summed E-state index contributed by atoms with van der Waals surface area (Å²) in [6.45, 7) is 0.497. The summed E-state index contributed by atoms with van der Waals surface area (Å²) in [6, 6.07) is 0. The van der Waals surface area contributed by atoms with E-state index in [1.54, 1.807) is 4.68 Å². The molecular weight excluding hydrogens is 240 g/mol. The van der Waals surface area contributed by atoms with Crippen molar-refractivity contribution in [3.63, 3.8) is 0 Å². The van der Waals surface area contributed by atoms with E-state index in [2.05, 4.69) is 10.3 Å². The Labute approximate surface area is 101 Å². The number of rotatable bonds is 4. The number of sulfone groups is 1. The van der Waals surface area contributed by atoms with Crippen molar-refractivity contribution in [1.29, 1.82) is 0 Å². The molecule has 1 saturated heterocycles. The van der Waals surface area contributed by atoms with Crippen LogP contribution in [0.5, 0.6) is 0 Å². The molecule has 2 rings (SSSR count). The fourth-order valence-electron chi connectivity index (χ4n) is 2.40. The number of nitrogens with zero attached hydrogens (tertiary/aromatic N) is 3. The smallest absolute Gasteiger partial charge is 0.150 e. The van der Waals surface area contributed by atoms with Gasteiger partial charge in [0, 0.05) is 13.2 Å². The van der Waals surface area contributed by atoms with E-state index in [9.17, 15) is 8.42 Å². The Morgan fingerprint density at radius 1 is 1.65 bits per heavy atom. The van der Waals surface area contributed by atoms with Crippen molar-refractivity contribution in [3.05, 3.63) is 11.9 Å². The van der Waals surface area contributed by atoms with Crippen LogP contribution in [0.1, 0.15) is 12.1 Å². The monoisotopic (exact) mass is 258 g/mol. The highest BCUT2D eigenvalue weighted by molar-refractivity contribution is 7.91. The maximum Gasteiger partial charge on any atom is 0.150 e. The Kier molecular flexibility index (Phi) is 3.48. The van der Waals surface area contributed by atoms with Crippen molar-refractivity contribution in [2.75, 3.05) is 18.1 Å². The van der Waals surface area contributed by atoms with Crippen LogP contribution in [0.2, 0.25) is 0 Å². The summed E-state index contributed by atoms with van der Waals surface area (Å²) in [6.07, 6.45) is 3.29. The van der Waals surface area contributed by atoms with Gasteiger partial charge in [-0.05, 0) is 31.2 Å². The quantitative estimate of drug-likeness (QED) is 0.776. The first-order chi connectivity index (χ1) is 8.00. The maximum absolute atomic E-state index is 11.4. The third-order valence-electron chi connectivity index (χ3n) is 3.36. The van der Waals surface area contributed by atoms with Gasteiger partial charge in [0.05, 0.1) is 17.2 Å². The normalized spacial score (nSPS) is 24.9. The van der Waals surface area contributed by atoms with Crippen molar-refractivity contribution >= 4 is 9.84 Å². The van der Waals surface area contributed by atoms with E-state index in [4.69, 9.17) is 5.73 Å². The van der Waals surface area contributed by atoms with E-state index in [0.717, 1.165) is 12.1 Å². The molecule has 0 amide bonds. The summed E-state index contributed by atoms with van der Waals surface area (Å²) in [4.78, 5) is 0. The van der Waals surface area contributed by atoms with Crippen LogP contribution in [0.15, 0.2) is 6.20 Å². The van der Waals surface area contributed by atoms with Gasteiger partial charge in [0.15, 0.2) is 9.84 Å². The molecule has 6 nitrogen and oxygen atoms in total. The lowest BCUT2D eigenvalue weighted by molar-refractivity contribution is 0.368. The average molecular weight is 258 g/mol. The van der Waals surface area contributed by atoms with Crippen LogP contribution in [0.3, 0.4) is 0 Å². The fraction of sp³-hybridized carbons (Fsp3) is 0.800. The Balaban J connectivity index is 2.02. The second kappa shape index (κ2) is 4.73. The molecule has 0 spiro atoms. The molecule has 2 heterocycles. The highest BCUT2D eigenvalue weighted by Gasteiger charge is 2.33. The van der Waals surface area contributed by atoms with Gasteiger partial charge >= 0.3 is 0 Å². The van der Waals surface area contributed by atoms with Gasteiger partial charge in [0.25, 0.3) is 0 Å². The highest BCUT2D eigenvalue weighted by atomic mass is 32.2. The molecule has 1 aliphatic heterocycles. The molecule has 1 aromatic heterocycles. The number of aromatic nitrogens is 3. The topological polar surface area (TPSA) is 90.9 Å². The summed E-state index contributed by atoms with van der Waals surface area (Å²) in [7, 11) is -1.02. The lowest BCUT2D eigenvalue weighted by Gasteiger charge is -2.19. The highest BCUT2D eigenvalue weighted by Crippen LogP contribution is 2.27. The van der Waals surface area contributed by atoms with Gasteiger partial charge in [-0.3, -0.25) is 4.68 Å². The van der Waals surface area contributed by atoms with Crippen LogP contribution in [0.25, 0.3) is 0 Å². The molecule has 0 aromatic carbocycles. The van der Waals surface area contributed by atoms with E-state index in [1.807, 2.05) is 13.2 Å². The van der Waals surface area contributed by atoms with E-state index < -0.39 is 9.84 Å². The zero-order valence-corrected chi connectivity index (χ0v) is 10.7. The molecule has 2 N–H and O–H groups in total. The molecule has 0 radical (unpaired) electrons. The second-order valence-corrected chi connectivity index (χ2v) is 6.98. The maximum atomic E-state index is 11.4. The number of nitrogens with two attached hydrogens (primary N) is 1. The van der Waals surface area contributed by atoms with Gasteiger partial charge in [0.2, 0.25) is 0 Å². The average Bonchev–Trinajstić information content (AvgIpc) is 2.81. The summed E-state index contributed by atoms with van der Waals surface area (Å²) >= 11 is 0. The van der Waals surface area contributed by atoms with Gasteiger partial charge in [-0.25, -0.2) is 8.42 Å². The largest absolute Gasteiger partial charge is 0.330 e. The van der Waals surface area contributed by atoms with Crippen molar-refractivity contribution in [1.82, 2.24) is 15.0 Å².